The summed E-state index contributed by atoms with van der Waals surface area (Å²) in [6.07, 6.45) is 0.873. The largest absolute Gasteiger partial charge is 0.449 e. The van der Waals surface area contributed by atoms with Gasteiger partial charge in [0.1, 0.15) is 0 Å². The molecule has 0 bridgehead atoms. The first kappa shape index (κ1) is 17.7. The number of halogens is 1. The molecule has 1 aliphatic heterocycles. The molecule has 0 unspecified atom stereocenters. The minimum absolute atomic E-state index is 0.0169. The van der Waals surface area contributed by atoms with Crippen LogP contribution in [0.2, 0.25) is 5.02 Å². The first-order chi connectivity index (χ1) is 10.7. The van der Waals surface area contributed by atoms with E-state index in [4.69, 9.17) is 21.5 Å². The lowest BCUT2D eigenvalue weighted by Gasteiger charge is -2.20. The van der Waals surface area contributed by atoms with Crippen molar-refractivity contribution in [2.45, 2.75) is 30.8 Å². The summed E-state index contributed by atoms with van der Waals surface area (Å²) in [7, 11) is -3.98. The number of likely N-dealkylation sites (tertiary alicyclic amines) is 1. The first-order valence-electron chi connectivity index (χ1n) is 7.02. The summed E-state index contributed by atoms with van der Waals surface area (Å²) < 4.78 is 27.8. The van der Waals surface area contributed by atoms with Crippen molar-refractivity contribution < 1.29 is 22.7 Å². The van der Waals surface area contributed by atoms with Gasteiger partial charge in [0.2, 0.25) is 10.0 Å². The Morgan fingerprint density at radius 3 is 2.48 bits per heavy atom. The maximum atomic E-state index is 12.2. The molecular formula is C14H17ClN2O5S. The van der Waals surface area contributed by atoms with Crippen molar-refractivity contribution in [3.8, 4) is 0 Å². The third-order valence-corrected chi connectivity index (χ3v) is 4.78. The molecule has 1 aliphatic rings. The molecule has 1 atom stereocenters. The lowest BCUT2D eigenvalue weighted by atomic mass is 10.2. The molecule has 1 heterocycles. The molecule has 1 fully saturated rings. The molecule has 0 aromatic heterocycles. The number of amides is 1. The van der Waals surface area contributed by atoms with Crippen LogP contribution >= 0.6 is 11.6 Å². The zero-order valence-electron chi connectivity index (χ0n) is 12.5. The molecule has 2 N–H and O–H groups in total. The molecule has 126 valence electrons. The smallest absolute Gasteiger partial charge is 0.340 e. The summed E-state index contributed by atoms with van der Waals surface area (Å²) in [4.78, 5) is 25.7. The van der Waals surface area contributed by atoms with Crippen LogP contribution in [0.4, 0.5) is 0 Å². The summed E-state index contributed by atoms with van der Waals surface area (Å²) in [6, 6.07) is 3.46. The molecule has 0 aliphatic carbocycles. The van der Waals surface area contributed by atoms with Gasteiger partial charge in [0.05, 0.1) is 15.5 Å². The molecule has 1 aromatic carbocycles. The van der Waals surface area contributed by atoms with Gasteiger partial charge in [-0.3, -0.25) is 4.79 Å². The number of carbonyl (C=O) groups is 2. The Morgan fingerprint density at radius 2 is 1.91 bits per heavy atom. The van der Waals surface area contributed by atoms with Crippen molar-refractivity contribution in [3.63, 3.8) is 0 Å². The van der Waals surface area contributed by atoms with Crippen LogP contribution in [0.3, 0.4) is 0 Å². The van der Waals surface area contributed by atoms with Crippen LogP contribution in [0.5, 0.6) is 0 Å². The van der Waals surface area contributed by atoms with Crippen LogP contribution in [-0.2, 0) is 19.6 Å². The van der Waals surface area contributed by atoms with E-state index < -0.39 is 22.1 Å². The molecule has 23 heavy (non-hydrogen) atoms. The fourth-order valence-corrected chi connectivity index (χ4v) is 3.04. The van der Waals surface area contributed by atoms with Crippen LogP contribution in [0.1, 0.15) is 30.1 Å². The number of sulfonamides is 1. The van der Waals surface area contributed by atoms with Crippen LogP contribution in [0.15, 0.2) is 23.1 Å². The van der Waals surface area contributed by atoms with Crippen LogP contribution in [0, 0.1) is 0 Å². The minimum atomic E-state index is -3.98. The Bertz CT molecular complexity index is 729. The average Bonchev–Trinajstić information content (AvgIpc) is 2.99. The van der Waals surface area contributed by atoms with Crippen molar-refractivity contribution in [1.82, 2.24) is 4.90 Å². The monoisotopic (exact) mass is 360 g/mol. The van der Waals surface area contributed by atoms with E-state index in [0.717, 1.165) is 18.9 Å². The second-order valence-electron chi connectivity index (χ2n) is 5.27. The zero-order valence-corrected chi connectivity index (χ0v) is 14.1. The molecule has 0 saturated carbocycles. The van der Waals surface area contributed by atoms with Gasteiger partial charge in [0, 0.05) is 13.1 Å². The standard InChI is InChI=1S/C14H17ClN2O5S/c1-9(13(18)17-6-2-3-7-17)22-14(19)11-8-10(23(16,20)21)4-5-12(11)15/h4-5,8-9H,2-3,6-7H2,1H3,(H2,16,20,21)/t9-/m1/s1. The molecular weight excluding hydrogens is 344 g/mol. The second kappa shape index (κ2) is 6.86. The third-order valence-electron chi connectivity index (χ3n) is 3.54. The van der Waals surface area contributed by atoms with Gasteiger partial charge in [-0.05, 0) is 38.0 Å². The zero-order chi connectivity index (χ0) is 17.2. The summed E-state index contributed by atoms with van der Waals surface area (Å²) in [5.74, 6) is -1.16. The molecule has 1 amide bonds. The second-order valence-corrected chi connectivity index (χ2v) is 7.24. The molecule has 0 spiro atoms. The topological polar surface area (TPSA) is 107 Å². The van der Waals surface area contributed by atoms with Gasteiger partial charge in [-0.25, -0.2) is 18.4 Å². The van der Waals surface area contributed by atoms with Gasteiger partial charge in [-0.2, -0.15) is 0 Å². The van der Waals surface area contributed by atoms with Gasteiger partial charge in [-0.15, -0.1) is 0 Å². The number of hydrogen-bond acceptors (Lipinski definition) is 5. The SMILES string of the molecule is C[C@@H](OC(=O)c1cc(S(N)(=O)=O)ccc1Cl)C(=O)N1CCCC1. The summed E-state index contributed by atoms with van der Waals surface area (Å²) >= 11 is 5.90. The fraction of sp³-hybridized carbons (Fsp3) is 0.429. The number of esters is 1. The number of ether oxygens (including phenoxy) is 1. The number of nitrogens with two attached hydrogens (primary N) is 1. The van der Waals surface area contributed by atoms with Crippen molar-refractivity contribution >= 4 is 33.5 Å². The highest BCUT2D eigenvalue weighted by molar-refractivity contribution is 7.89. The lowest BCUT2D eigenvalue weighted by molar-refractivity contribution is -0.138. The normalized spacial score (nSPS) is 16.2. The Morgan fingerprint density at radius 1 is 1.30 bits per heavy atom. The Labute approximate surface area is 139 Å². The van der Waals surface area contributed by atoms with E-state index in [2.05, 4.69) is 0 Å². The summed E-state index contributed by atoms with van der Waals surface area (Å²) in [6.45, 7) is 2.75. The fourth-order valence-electron chi connectivity index (χ4n) is 2.31. The van der Waals surface area contributed by atoms with Gasteiger partial charge in [0.15, 0.2) is 6.10 Å². The van der Waals surface area contributed by atoms with Gasteiger partial charge >= 0.3 is 5.97 Å². The summed E-state index contributed by atoms with van der Waals surface area (Å²) in [5.41, 5.74) is -0.153. The van der Waals surface area contributed by atoms with E-state index in [0.29, 0.717) is 13.1 Å². The summed E-state index contributed by atoms with van der Waals surface area (Å²) in [5, 5.41) is 5.04. The van der Waals surface area contributed by atoms with Crippen LogP contribution in [-0.4, -0.2) is 44.4 Å². The number of rotatable bonds is 4. The molecule has 1 aromatic rings. The Hall–Kier alpha value is -1.64. The van der Waals surface area contributed by atoms with Crippen molar-refractivity contribution in [2.24, 2.45) is 5.14 Å². The van der Waals surface area contributed by atoms with E-state index in [9.17, 15) is 18.0 Å². The quantitative estimate of drug-likeness (QED) is 0.810. The van der Waals surface area contributed by atoms with E-state index >= 15 is 0 Å². The lowest BCUT2D eigenvalue weighted by Crippen LogP contribution is -2.38. The molecule has 1 saturated heterocycles. The van der Waals surface area contributed by atoms with Crippen molar-refractivity contribution in [1.29, 1.82) is 0 Å². The number of benzene rings is 1. The predicted octanol–water partition coefficient (Wildman–Crippen LogP) is 1.16. The highest BCUT2D eigenvalue weighted by atomic mass is 35.5. The molecule has 2 rings (SSSR count). The number of hydrogen-bond donors (Lipinski definition) is 1. The van der Waals surface area contributed by atoms with Crippen LogP contribution in [0.25, 0.3) is 0 Å². The predicted molar refractivity (Wildman–Crippen MR) is 83.5 cm³/mol. The maximum Gasteiger partial charge on any atom is 0.340 e. The van der Waals surface area contributed by atoms with Crippen LogP contribution < -0.4 is 5.14 Å². The van der Waals surface area contributed by atoms with E-state index in [1.807, 2.05) is 0 Å². The van der Waals surface area contributed by atoms with Crippen molar-refractivity contribution in [2.75, 3.05) is 13.1 Å². The molecule has 7 nitrogen and oxygen atoms in total. The molecule has 0 radical (unpaired) electrons. The maximum absolute atomic E-state index is 12.2. The van der Waals surface area contributed by atoms with Gasteiger partial charge in [-0.1, -0.05) is 11.6 Å². The minimum Gasteiger partial charge on any atom is -0.449 e. The molecule has 9 heteroatoms. The number of carbonyl (C=O) groups excluding carboxylic acids is 2. The van der Waals surface area contributed by atoms with E-state index in [-0.39, 0.29) is 21.4 Å². The van der Waals surface area contributed by atoms with E-state index in [1.54, 1.807) is 4.90 Å². The highest BCUT2D eigenvalue weighted by Gasteiger charge is 2.27. The highest BCUT2D eigenvalue weighted by Crippen LogP contribution is 2.21. The average molecular weight is 361 g/mol. The Kier molecular flexibility index (Phi) is 5.28. The van der Waals surface area contributed by atoms with Gasteiger partial charge < -0.3 is 9.64 Å². The van der Waals surface area contributed by atoms with E-state index in [1.165, 1.54) is 19.1 Å². The third kappa shape index (κ3) is 4.21. The Balaban J connectivity index is 2.15. The first-order valence-corrected chi connectivity index (χ1v) is 8.94. The number of primary sulfonamides is 1. The number of nitrogens with zero attached hydrogens (tertiary/aromatic N) is 1. The van der Waals surface area contributed by atoms with Crippen molar-refractivity contribution in [3.05, 3.63) is 28.8 Å². The van der Waals surface area contributed by atoms with Gasteiger partial charge in [0.25, 0.3) is 5.91 Å².